The average molecular weight is 368 g/mol. The van der Waals surface area contributed by atoms with E-state index in [2.05, 4.69) is 25.8 Å². The van der Waals surface area contributed by atoms with Gasteiger partial charge in [-0.2, -0.15) is 11.8 Å². The third-order valence-corrected chi connectivity index (χ3v) is 6.83. The number of aliphatic imine (C=N–C) groups is 1. The average Bonchev–Trinajstić information content (AvgIpc) is 2.90. The predicted molar refractivity (Wildman–Crippen MR) is 101 cm³/mol. The standard InChI is InChI=1S/C17H29N5O2S/c1-17(14(23)20-16(24)21-17)13-3-7-22(8-4-13)15(18-2)19-11-12-5-9-25-10-6-12/h12-13H,3-11H2,1-2H3,(H,18,19)(H2,20,21,23,24). The largest absolute Gasteiger partial charge is 0.356 e. The molecule has 7 nitrogen and oxygen atoms in total. The minimum atomic E-state index is -0.778. The summed E-state index contributed by atoms with van der Waals surface area (Å²) in [4.78, 5) is 30.3. The second kappa shape index (κ2) is 7.85. The molecule has 0 radical (unpaired) electrons. The van der Waals surface area contributed by atoms with E-state index < -0.39 is 5.54 Å². The highest BCUT2D eigenvalue weighted by Crippen LogP contribution is 2.30. The maximum atomic E-state index is 12.1. The van der Waals surface area contributed by atoms with Gasteiger partial charge in [-0.15, -0.1) is 0 Å². The number of urea groups is 1. The van der Waals surface area contributed by atoms with E-state index in [0.717, 1.165) is 44.4 Å². The quantitative estimate of drug-likeness (QED) is 0.394. The van der Waals surface area contributed by atoms with Crippen LogP contribution >= 0.6 is 11.8 Å². The molecular formula is C17H29N5O2S. The van der Waals surface area contributed by atoms with E-state index in [1.165, 1.54) is 24.3 Å². The number of nitrogens with zero attached hydrogens (tertiary/aromatic N) is 2. The lowest BCUT2D eigenvalue weighted by Crippen LogP contribution is -2.55. The van der Waals surface area contributed by atoms with Gasteiger partial charge in [0.1, 0.15) is 5.54 Å². The van der Waals surface area contributed by atoms with Crippen molar-refractivity contribution in [2.45, 2.75) is 38.1 Å². The van der Waals surface area contributed by atoms with Crippen molar-refractivity contribution in [3.8, 4) is 0 Å². The molecule has 1 unspecified atom stereocenters. The summed E-state index contributed by atoms with van der Waals surface area (Å²) in [6.07, 6.45) is 4.30. The minimum Gasteiger partial charge on any atom is -0.356 e. The van der Waals surface area contributed by atoms with Crippen LogP contribution in [0.2, 0.25) is 0 Å². The van der Waals surface area contributed by atoms with E-state index in [1.807, 2.05) is 25.7 Å². The van der Waals surface area contributed by atoms with Gasteiger partial charge < -0.3 is 15.5 Å². The SMILES string of the molecule is CN=C(NCC1CCSCC1)N1CCC(C2(C)NC(=O)NC2=O)CC1. The van der Waals surface area contributed by atoms with E-state index in [4.69, 9.17) is 0 Å². The van der Waals surface area contributed by atoms with Gasteiger partial charge in [-0.3, -0.25) is 15.1 Å². The summed E-state index contributed by atoms with van der Waals surface area (Å²) in [6, 6.07) is -0.377. The molecule has 25 heavy (non-hydrogen) atoms. The Bertz CT molecular complexity index is 541. The monoisotopic (exact) mass is 367 g/mol. The molecule has 140 valence electrons. The van der Waals surface area contributed by atoms with E-state index in [9.17, 15) is 9.59 Å². The van der Waals surface area contributed by atoms with E-state index >= 15 is 0 Å². The first kappa shape index (κ1) is 18.4. The van der Waals surface area contributed by atoms with Crippen LogP contribution in [0.5, 0.6) is 0 Å². The molecule has 1 atom stereocenters. The number of imide groups is 1. The fourth-order valence-electron chi connectivity index (χ4n) is 4.03. The van der Waals surface area contributed by atoms with Gasteiger partial charge in [0.15, 0.2) is 5.96 Å². The molecule has 3 saturated heterocycles. The number of likely N-dealkylation sites (tertiary alicyclic amines) is 1. The molecule has 3 aliphatic heterocycles. The Labute approximate surface area is 153 Å². The van der Waals surface area contributed by atoms with Crippen molar-refractivity contribution >= 4 is 29.7 Å². The number of carbonyl (C=O) groups is 2. The van der Waals surface area contributed by atoms with Gasteiger partial charge in [0, 0.05) is 26.7 Å². The van der Waals surface area contributed by atoms with Crippen LogP contribution < -0.4 is 16.0 Å². The van der Waals surface area contributed by atoms with Crippen LogP contribution in [-0.2, 0) is 4.79 Å². The van der Waals surface area contributed by atoms with Gasteiger partial charge in [-0.25, -0.2) is 4.79 Å². The summed E-state index contributed by atoms with van der Waals surface area (Å²) in [5, 5.41) is 8.71. The Hall–Kier alpha value is -1.44. The Morgan fingerprint density at radius 3 is 2.52 bits per heavy atom. The highest BCUT2D eigenvalue weighted by atomic mass is 32.2. The molecule has 3 fully saturated rings. The van der Waals surface area contributed by atoms with Crippen molar-refractivity contribution in [3.05, 3.63) is 0 Å². The smallest absolute Gasteiger partial charge is 0.322 e. The molecule has 0 aromatic heterocycles. The second-order valence-corrected chi connectivity index (χ2v) is 8.58. The number of guanidine groups is 1. The fourth-order valence-corrected chi connectivity index (χ4v) is 5.24. The van der Waals surface area contributed by atoms with Gasteiger partial charge in [0.25, 0.3) is 5.91 Å². The van der Waals surface area contributed by atoms with Gasteiger partial charge in [-0.1, -0.05) is 0 Å². The number of amides is 3. The summed E-state index contributed by atoms with van der Waals surface area (Å²) in [6.45, 7) is 4.53. The molecule has 0 aromatic carbocycles. The first-order valence-corrected chi connectivity index (χ1v) is 10.4. The van der Waals surface area contributed by atoms with Crippen LogP contribution in [-0.4, -0.2) is 66.5 Å². The molecule has 3 N–H and O–H groups in total. The molecule has 0 spiro atoms. The topological polar surface area (TPSA) is 85.8 Å². The number of piperidine rings is 1. The molecule has 8 heteroatoms. The maximum Gasteiger partial charge on any atom is 0.322 e. The zero-order valence-corrected chi connectivity index (χ0v) is 16.0. The first-order valence-electron chi connectivity index (χ1n) is 9.20. The Morgan fingerprint density at radius 2 is 1.96 bits per heavy atom. The van der Waals surface area contributed by atoms with Crippen molar-refractivity contribution in [1.82, 2.24) is 20.9 Å². The molecule has 0 aromatic rings. The zero-order chi connectivity index (χ0) is 17.9. The third-order valence-electron chi connectivity index (χ3n) is 5.78. The van der Waals surface area contributed by atoms with Gasteiger partial charge in [-0.05, 0) is 55.9 Å². The molecule has 3 rings (SSSR count). The predicted octanol–water partition coefficient (Wildman–Crippen LogP) is 1.02. The Kier molecular flexibility index (Phi) is 5.76. The number of hydrogen-bond acceptors (Lipinski definition) is 4. The summed E-state index contributed by atoms with van der Waals surface area (Å²) < 4.78 is 0. The van der Waals surface area contributed by atoms with Gasteiger partial charge >= 0.3 is 6.03 Å². The van der Waals surface area contributed by atoms with Gasteiger partial charge in [0.05, 0.1) is 0 Å². The van der Waals surface area contributed by atoms with Crippen LogP contribution in [0.3, 0.4) is 0 Å². The number of thioether (sulfide) groups is 1. The molecule has 3 amide bonds. The van der Waals surface area contributed by atoms with Crippen molar-refractivity contribution in [3.63, 3.8) is 0 Å². The summed E-state index contributed by atoms with van der Waals surface area (Å²) in [7, 11) is 1.83. The van der Waals surface area contributed by atoms with E-state index in [1.54, 1.807) is 0 Å². The molecule has 0 saturated carbocycles. The molecular weight excluding hydrogens is 338 g/mol. The summed E-state index contributed by atoms with van der Waals surface area (Å²) in [5.74, 6) is 4.19. The van der Waals surface area contributed by atoms with E-state index in [0.29, 0.717) is 0 Å². The summed E-state index contributed by atoms with van der Waals surface area (Å²) >= 11 is 2.05. The molecule has 0 aliphatic carbocycles. The number of hydrogen-bond donors (Lipinski definition) is 3. The van der Waals surface area contributed by atoms with Crippen molar-refractivity contribution in [2.24, 2.45) is 16.8 Å². The Balaban J connectivity index is 1.50. The number of nitrogens with one attached hydrogen (secondary N) is 3. The normalized spacial score (nSPS) is 29.5. The molecule has 3 heterocycles. The first-order chi connectivity index (χ1) is 12.0. The van der Waals surface area contributed by atoms with Crippen LogP contribution in [0.4, 0.5) is 4.79 Å². The highest BCUT2D eigenvalue weighted by Gasteiger charge is 2.48. The highest BCUT2D eigenvalue weighted by molar-refractivity contribution is 7.99. The lowest BCUT2D eigenvalue weighted by molar-refractivity contribution is -0.125. The lowest BCUT2D eigenvalue weighted by atomic mass is 9.79. The lowest BCUT2D eigenvalue weighted by Gasteiger charge is -2.40. The number of carbonyl (C=O) groups excluding carboxylic acids is 2. The van der Waals surface area contributed by atoms with Crippen molar-refractivity contribution < 1.29 is 9.59 Å². The zero-order valence-electron chi connectivity index (χ0n) is 15.1. The van der Waals surface area contributed by atoms with Crippen LogP contribution in [0.1, 0.15) is 32.6 Å². The number of rotatable bonds is 3. The molecule has 3 aliphatic rings. The van der Waals surface area contributed by atoms with Crippen LogP contribution in [0.15, 0.2) is 4.99 Å². The molecule has 0 bridgehead atoms. The third kappa shape index (κ3) is 4.04. The second-order valence-electron chi connectivity index (χ2n) is 7.36. The van der Waals surface area contributed by atoms with Crippen molar-refractivity contribution in [1.29, 1.82) is 0 Å². The Morgan fingerprint density at radius 1 is 1.28 bits per heavy atom. The van der Waals surface area contributed by atoms with Crippen molar-refractivity contribution in [2.75, 3.05) is 38.2 Å². The summed E-state index contributed by atoms with van der Waals surface area (Å²) in [5.41, 5.74) is -0.778. The van der Waals surface area contributed by atoms with Crippen LogP contribution in [0, 0.1) is 11.8 Å². The maximum absolute atomic E-state index is 12.1. The fraction of sp³-hybridized carbons (Fsp3) is 0.824. The van der Waals surface area contributed by atoms with E-state index in [-0.39, 0.29) is 17.9 Å². The van der Waals surface area contributed by atoms with Crippen LogP contribution in [0.25, 0.3) is 0 Å². The van der Waals surface area contributed by atoms with Gasteiger partial charge in [0.2, 0.25) is 0 Å². The minimum absolute atomic E-state index is 0.156.